The number of anilines is 1. The Bertz CT molecular complexity index is 1250. The first-order valence-corrected chi connectivity index (χ1v) is 11.7. The molecule has 152 valence electrons. The summed E-state index contributed by atoms with van der Waals surface area (Å²) in [6.45, 7) is 0. The number of H-pyrrole nitrogens is 1. The highest BCUT2D eigenvalue weighted by Crippen LogP contribution is 2.54. The summed E-state index contributed by atoms with van der Waals surface area (Å²) in [7, 11) is 0. The zero-order chi connectivity index (χ0) is 19.8. The maximum atomic E-state index is 13.8. The molecule has 0 radical (unpaired) electrons. The number of nitrogens with one attached hydrogen (secondary N) is 2. The average Bonchev–Trinajstić information content (AvgIpc) is 3.36. The van der Waals surface area contributed by atoms with Gasteiger partial charge in [0.15, 0.2) is 5.82 Å². The van der Waals surface area contributed by atoms with Crippen LogP contribution in [0.4, 0.5) is 10.2 Å². The lowest BCUT2D eigenvalue weighted by Crippen LogP contribution is -2.51. The molecule has 4 aromatic rings. The van der Waals surface area contributed by atoms with Crippen molar-refractivity contribution in [3.8, 4) is 11.4 Å². The molecule has 4 aliphatic carbocycles. The Hall–Kier alpha value is -2.54. The molecule has 4 saturated carbocycles. The fraction of sp³-hybridized carbons (Fsp3) is 0.435. The Balaban J connectivity index is 1.32. The van der Waals surface area contributed by atoms with Gasteiger partial charge in [-0.05, 0) is 73.3 Å². The molecule has 4 aromatic heterocycles. The number of aromatic amines is 1. The Morgan fingerprint density at radius 2 is 1.83 bits per heavy atom. The largest absolute Gasteiger partial charge is 0.366 e. The normalized spacial score (nSPS) is 29.8. The number of rotatable bonds is 3. The third-order valence-corrected chi connectivity index (χ3v) is 8.40. The van der Waals surface area contributed by atoms with E-state index in [9.17, 15) is 4.39 Å². The summed E-state index contributed by atoms with van der Waals surface area (Å²) in [5.41, 5.74) is 1.44. The van der Waals surface area contributed by atoms with Crippen LogP contribution in [0.15, 0.2) is 29.9 Å². The van der Waals surface area contributed by atoms with Gasteiger partial charge in [-0.3, -0.25) is 0 Å². The number of fused-ring (bicyclic) bond motifs is 2. The number of hydrogen-bond donors (Lipinski definition) is 2. The molecule has 4 bridgehead atoms. The molecule has 7 heteroatoms. The first kappa shape index (κ1) is 17.2. The molecular formula is C23H22FN5S. The Labute approximate surface area is 177 Å². The number of nitrogens with zero attached hydrogens (tertiary/aromatic N) is 3. The predicted octanol–water partition coefficient (Wildman–Crippen LogP) is 5.61. The first-order valence-electron chi connectivity index (χ1n) is 10.9. The van der Waals surface area contributed by atoms with Crippen molar-refractivity contribution in [1.82, 2.24) is 19.9 Å². The van der Waals surface area contributed by atoms with Gasteiger partial charge in [0.2, 0.25) is 0 Å². The molecule has 8 rings (SSSR count). The molecule has 0 saturated heterocycles. The minimum Gasteiger partial charge on any atom is -0.366 e. The highest BCUT2D eigenvalue weighted by molar-refractivity contribution is 7.16. The zero-order valence-corrected chi connectivity index (χ0v) is 17.3. The Morgan fingerprint density at radius 3 is 2.63 bits per heavy atom. The summed E-state index contributed by atoms with van der Waals surface area (Å²) in [6.07, 6.45) is 9.97. The molecule has 4 aliphatic rings. The van der Waals surface area contributed by atoms with Crippen LogP contribution >= 0.6 is 11.3 Å². The number of halogens is 1. The minimum absolute atomic E-state index is 0.354. The van der Waals surface area contributed by atoms with E-state index in [1.807, 2.05) is 6.20 Å². The van der Waals surface area contributed by atoms with Gasteiger partial charge in [-0.2, -0.15) is 0 Å². The quantitative estimate of drug-likeness (QED) is 0.453. The minimum atomic E-state index is -0.354. The topological polar surface area (TPSA) is 66.5 Å². The highest BCUT2D eigenvalue weighted by Gasteiger charge is 2.48. The number of aromatic nitrogens is 4. The summed E-state index contributed by atoms with van der Waals surface area (Å²) in [6, 6.07) is 4.12. The van der Waals surface area contributed by atoms with Crippen LogP contribution in [0.1, 0.15) is 32.1 Å². The first-order chi connectivity index (χ1) is 14.7. The standard InChI is InChI=1S/C23H22FN5S/c24-15-8-17-18(10-26-20(17)25-9-15)22-28-21(16-1-2-30-23(16)29-22)27-19-13-4-11-3-12(6-13)7-14(19)5-11/h1-2,8-14,19H,3-7H2,(H,25,26)(H,27,28,29). The lowest BCUT2D eigenvalue weighted by molar-refractivity contribution is 0.00746. The number of hydrogen-bond acceptors (Lipinski definition) is 5. The van der Waals surface area contributed by atoms with Crippen LogP contribution in [-0.2, 0) is 0 Å². The smallest absolute Gasteiger partial charge is 0.165 e. The fourth-order valence-electron chi connectivity index (χ4n) is 6.57. The molecule has 4 fully saturated rings. The van der Waals surface area contributed by atoms with Crippen molar-refractivity contribution in [3.05, 3.63) is 35.7 Å². The summed E-state index contributed by atoms with van der Waals surface area (Å²) < 4.78 is 13.8. The summed E-state index contributed by atoms with van der Waals surface area (Å²) >= 11 is 1.62. The van der Waals surface area contributed by atoms with E-state index >= 15 is 0 Å². The van der Waals surface area contributed by atoms with Gasteiger partial charge in [-0.1, -0.05) is 0 Å². The molecule has 0 spiro atoms. The fourth-order valence-corrected chi connectivity index (χ4v) is 7.33. The van der Waals surface area contributed by atoms with Crippen molar-refractivity contribution in [2.24, 2.45) is 23.7 Å². The lowest BCUT2D eigenvalue weighted by atomic mass is 9.54. The van der Waals surface area contributed by atoms with E-state index < -0.39 is 0 Å². The van der Waals surface area contributed by atoms with Gasteiger partial charge >= 0.3 is 0 Å². The van der Waals surface area contributed by atoms with Crippen LogP contribution in [-0.4, -0.2) is 26.0 Å². The van der Waals surface area contributed by atoms with Gasteiger partial charge in [0, 0.05) is 23.2 Å². The van der Waals surface area contributed by atoms with E-state index in [1.165, 1.54) is 44.4 Å². The molecule has 4 heterocycles. The second-order valence-corrected chi connectivity index (χ2v) is 10.3. The second-order valence-electron chi connectivity index (χ2n) is 9.39. The number of pyridine rings is 1. The van der Waals surface area contributed by atoms with Crippen molar-refractivity contribution in [3.63, 3.8) is 0 Å². The Morgan fingerprint density at radius 1 is 1.03 bits per heavy atom. The zero-order valence-electron chi connectivity index (χ0n) is 16.4. The van der Waals surface area contributed by atoms with E-state index in [-0.39, 0.29) is 5.82 Å². The second kappa shape index (κ2) is 6.23. The van der Waals surface area contributed by atoms with E-state index in [1.54, 1.807) is 11.3 Å². The van der Waals surface area contributed by atoms with Gasteiger partial charge < -0.3 is 10.3 Å². The van der Waals surface area contributed by atoms with Crippen LogP contribution in [0.5, 0.6) is 0 Å². The molecular weight excluding hydrogens is 397 g/mol. The molecule has 0 atom stereocenters. The van der Waals surface area contributed by atoms with Crippen LogP contribution in [0, 0.1) is 29.5 Å². The van der Waals surface area contributed by atoms with E-state index in [0.29, 0.717) is 22.9 Å². The van der Waals surface area contributed by atoms with Crippen molar-refractivity contribution in [2.75, 3.05) is 5.32 Å². The SMILES string of the molecule is Fc1cnc2[nH]cc(-c3nc(NC4C5CC6CC(C5)CC4C6)c4ccsc4n3)c2c1. The maximum Gasteiger partial charge on any atom is 0.165 e. The van der Waals surface area contributed by atoms with Gasteiger partial charge in [-0.25, -0.2) is 19.3 Å². The third kappa shape index (κ3) is 2.54. The van der Waals surface area contributed by atoms with Crippen molar-refractivity contribution in [1.29, 1.82) is 0 Å². The molecule has 0 amide bonds. The molecule has 0 aliphatic heterocycles. The number of thiophene rings is 1. The van der Waals surface area contributed by atoms with Crippen LogP contribution < -0.4 is 5.32 Å². The maximum absolute atomic E-state index is 13.8. The monoisotopic (exact) mass is 419 g/mol. The lowest BCUT2D eigenvalue weighted by Gasteiger charge is -2.54. The van der Waals surface area contributed by atoms with E-state index in [0.717, 1.165) is 45.3 Å². The third-order valence-electron chi connectivity index (χ3n) is 7.59. The Kier molecular flexibility index (Phi) is 3.57. The van der Waals surface area contributed by atoms with Gasteiger partial charge in [-0.15, -0.1) is 11.3 Å². The van der Waals surface area contributed by atoms with E-state index in [2.05, 4.69) is 26.7 Å². The van der Waals surface area contributed by atoms with Crippen LogP contribution in [0.3, 0.4) is 0 Å². The predicted molar refractivity (Wildman–Crippen MR) is 117 cm³/mol. The van der Waals surface area contributed by atoms with Crippen molar-refractivity contribution in [2.45, 2.75) is 38.1 Å². The van der Waals surface area contributed by atoms with Crippen molar-refractivity contribution < 1.29 is 4.39 Å². The summed E-state index contributed by atoms with van der Waals surface area (Å²) in [5, 5.41) is 7.74. The summed E-state index contributed by atoms with van der Waals surface area (Å²) in [4.78, 5) is 18.0. The van der Waals surface area contributed by atoms with Gasteiger partial charge in [0.1, 0.15) is 22.1 Å². The highest BCUT2D eigenvalue weighted by atomic mass is 32.1. The van der Waals surface area contributed by atoms with Crippen LogP contribution in [0.25, 0.3) is 32.6 Å². The average molecular weight is 420 g/mol. The summed E-state index contributed by atoms with van der Waals surface area (Å²) in [5.74, 6) is 4.61. The van der Waals surface area contributed by atoms with Gasteiger partial charge in [0.05, 0.1) is 11.6 Å². The van der Waals surface area contributed by atoms with Gasteiger partial charge in [0.25, 0.3) is 0 Å². The molecule has 2 N–H and O–H groups in total. The van der Waals surface area contributed by atoms with Crippen molar-refractivity contribution >= 4 is 38.4 Å². The van der Waals surface area contributed by atoms with Crippen LogP contribution in [0.2, 0.25) is 0 Å². The van der Waals surface area contributed by atoms with E-state index in [4.69, 9.17) is 9.97 Å². The molecule has 0 unspecified atom stereocenters. The molecule has 30 heavy (non-hydrogen) atoms. The molecule has 0 aromatic carbocycles. The molecule has 5 nitrogen and oxygen atoms in total.